The summed E-state index contributed by atoms with van der Waals surface area (Å²) in [4.78, 5) is 25.9. The van der Waals surface area contributed by atoms with Crippen LogP contribution in [0.15, 0.2) is 24.3 Å². The second-order valence-electron chi connectivity index (χ2n) is 6.90. The standard InChI is InChI=1S/C19H26N2O2S/c20-19(23)16-9-7-14(8-10-16)12-24-13-18(22)21-11-3-5-15-4-1-2-6-17(15)21/h7-10,15,17H,1-6,11-13H2,(H2,20,23)/t15-,17+/m0/s1. The molecule has 0 aromatic heterocycles. The van der Waals surface area contributed by atoms with Crippen LogP contribution in [0.2, 0.25) is 0 Å². The number of hydrogen-bond donors (Lipinski definition) is 1. The van der Waals surface area contributed by atoms with E-state index in [1.54, 1.807) is 23.9 Å². The van der Waals surface area contributed by atoms with E-state index in [-0.39, 0.29) is 0 Å². The van der Waals surface area contributed by atoms with Gasteiger partial charge in [-0.3, -0.25) is 9.59 Å². The van der Waals surface area contributed by atoms with Crippen LogP contribution in [0.25, 0.3) is 0 Å². The first kappa shape index (κ1) is 17.3. The van der Waals surface area contributed by atoms with Gasteiger partial charge in [-0.05, 0) is 49.3 Å². The molecule has 0 unspecified atom stereocenters. The van der Waals surface area contributed by atoms with E-state index in [4.69, 9.17) is 5.73 Å². The molecule has 0 spiro atoms. The number of primary amides is 1. The lowest BCUT2D eigenvalue weighted by Gasteiger charge is -2.44. The van der Waals surface area contributed by atoms with Gasteiger partial charge >= 0.3 is 0 Å². The number of hydrogen-bond acceptors (Lipinski definition) is 3. The molecule has 5 heteroatoms. The molecule has 0 bridgehead atoms. The molecule has 2 atom stereocenters. The van der Waals surface area contributed by atoms with Crippen molar-refractivity contribution in [2.75, 3.05) is 12.3 Å². The van der Waals surface area contributed by atoms with Gasteiger partial charge in [-0.2, -0.15) is 0 Å². The molecule has 1 aliphatic carbocycles. The van der Waals surface area contributed by atoms with Crippen molar-refractivity contribution in [1.29, 1.82) is 0 Å². The molecule has 1 aromatic carbocycles. The van der Waals surface area contributed by atoms with Crippen LogP contribution in [0.4, 0.5) is 0 Å². The fourth-order valence-electron chi connectivity index (χ4n) is 4.04. The number of nitrogens with two attached hydrogens (primary N) is 1. The summed E-state index contributed by atoms with van der Waals surface area (Å²) < 4.78 is 0. The molecular formula is C19H26N2O2S. The van der Waals surface area contributed by atoms with Gasteiger partial charge in [0, 0.05) is 23.9 Å². The normalized spacial score (nSPS) is 23.6. The van der Waals surface area contributed by atoms with Crippen LogP contribution in [0.1, 0.15) is 54.4 Å². The molecule has 3 rings (SSSR count). The Kier molecular flexibility index (Phi) is 5.82. The van der Waals surface area contributed by atoms with Crippen molar-refractivity contribution in [3.05, 3.63) is 35.4 Å². The highest BCUT2D eigenvalue weighted by atomic mass is 32.2. The number of likely N-dealkylation sites (tertiary alicyclic amines) is 1. The summed E-state index contributed by atoms with van der Waals surface area (Å²) in [5.41, 5.74) is 6.89. The van der Waals surface area contributed by atoms with E-state index in [1.807, 2.05) is 12.1 Å². The minimum atomic E-state index is -0.406. The summed E-state index contributed by atoms with van der Waals surface area (Å²) in [6.45, 7) is 0.938. The lowest BCUT2D eigenvalue weighted by Crippen LogP contribution is -2.50. The van der Waals surface area contributed by atoms with E-state index in [0.29, 0.717) is 23.3 Å². The van der Waals surface area contributed by atoms with Gasteiger partial charge in [-0.1, -0.05) is 25.0 Å². The highest BCUT2D eigenvalue weighted by Gasteiger charge is 2.35. The number of benzene rings is 1. The van der Waals surface area contributed by atoms with Crippen LogP contribution in [-0.2, 0) is 10.5 Å². The maximum atomic E-state index is 12.6. The van der Waals surface area contributed by atoms with E-state index in [9.17, 15) is 9.59 Å². The molecule has 2 aliphatic rings. The quantitative estimate of drug-likeness (QED) is 0.890. The largest absolute Gasteiger partial charge is 0.366 e. The zero-order chi connectivity index (χ0) is 16.9. The third-order valence-electron chi connectivity index (χ3n) is 5.30. The summed E-state index contributed by atoms with van der Waals surface area (Å²) in [5, 5.41) is 0. The minimum absolute atomic E-state index is 0.297. The minimum Gasteiger partial charge on any atom is -0.366 e. The second-order valence-corrected chi connectivity index (χ2v) is 7.88. The second kappa shape index (κ2) is 8.06. The number of fused-ring (bicyclic) bond motifs is 1. The van der Waals surface area contributed by atoms with Crippen LogP contribution in [-0.4, -0.2) is 35.1 Å². The molecule has 2 amide bonds. The molecule has 1 aromatic rings. The molecule has 1 saturated carbocycles. The Hall–Kier alpha value is -1.49. The molecule has 1 aliphatic heterocycles. The summed E-state index contributed by atoms with van der Waals surface area (Å²) in [5.74, 6) is 1.96. The van der Waals surface area contributed by atoms with E-state index < -0.39 is 5.91 Å². The molecule has 4 nitrogen and oxygen atoms in total. The lowest BCUT2D eigenvalue weighted by atomic mass is 9.78. The van der Waals surface area contributed by atoms with E-state index in [2.05, 4.69) is 4.90 Å². The first-order chi connectivity index (χ1) is 11.6. The van der Waals surface area contributed by atoms with Gasteiger partial charge in [0.15, 0.2) is 0 Å². The van der Waals surface area contributed by atoms with Gasteiger partial charge in [0.2, 0.25) is 11.8 Å². The third-order valence-corrected chi connectivity index (χ3v) is 6.28. The van der Waals surface area contributed by atoms with Crippen LogP contribution in [0.3, 0.4) is 0 Å². The predicted molar refractivity (Wildman–Crippen MR) is 97.8 cm³/mol. The van der Waals surface area contributed by atoms with E-state index >= 15 is 0 Å². The third kappa shape index (κ3) is 4.12. The Morgan fingerprint density at radius 3 is 2.54 bits per heavy atom. The summed E-state index contributed by atoms with van der Waals surface area (Å²) in [6.07, 6.45) is 7.55. The lowest BCUT2D eigenvalue weighted by molar-refractivity contribution is -0.134. The summed E-state index contributed by atoms with van der Waals surface area (Å²) >= 11 is 1.65. The molecule has 1 saturated heterocycles. The molecule has 130 valence electrons. The number of carbonyl (C=O) groups excluding carboxylic acids is 2. The maximum absolute atomic E-state index is 12.6. The highest BCUT2D eigenvalue weighted by molar-refractivity contribution is 7.99. The topological polar surface area (TPSA) is 63.4 Å². The zero-order valence-corrected chi connectivity index (χ0v) is 14.9. The number of amides is 2. The monoisotopic (exact) mass is 346 g/mol. The molecule has 0 radical (unpaired) electrons. The number of thioether (sulfide) groups is 1. The molecule has 24 heavy (non-hydrogen) atoms. The van der Waals surface area contributed by atoms with Crippen molar-refractivity contribution in [2.45, 2.75) is 50.3 Å². The summed E-state index contributed by atoms with van der Waals surface area (Å²) in [6, 6.07) is 7.82. The first-order valence-corrected chi connectivity index (χ1v) is 10.1. The van der Waals surface area contributed by atoms with Gasteiger partial charge < -0.3 is 10.6 Å². The van der Waals surface area contributed by atoms with E-state index in [1.165, 1.54) is 32.1 Å². The smallest absolute Gasteiger partial charge is 0.248 e. The van der Waals surface area contributed by atoms with Crippen molar-refractivity contribution in [3.8, 4) is 0 Å². The number of rotatable bonds is 5. The average Bonchev–Trinajstić information content (AvgIpc) is 2.61. The SMILES string of the molecule is NC(=O)c1ccc(CSCC(=O)N2CCC[C@@H]3CCCC[C@H]32)cc1. The first-order valence-electron chi connectivity index (χ1n) is 8.91. The Morgan fingerprint density at radius 1 is 1.08 bits per heavy atom. The summed E-state index contributed by atoms with van der Waals surface area (Å²) in [7, 11) is 0. The van der Waals surface area contributed by atoms with Crippen LogP contribution in [0.5, 0.6) is 0 Å². The Labute approximate surface area is 148 Å². The van der Waals surface area contributed by atoms with E-state index in [0.717, 1.165) is 30.2 Å². The number of carbonyl (C=O) groups is 2. The van der Waals surface area contributed by atoms with Crippen LogP contribution >= 0.6 is 11.8 Å². The number of nitrogens with zero attached hydrogens (tertiary/aromatic N) is 1. The van der Waals surface area contributed by atoms with Crippen LogP contribution < -0.4 is 5.73 Å². The highest BCUT2D eigenvalue weighted by Crippen LogP contribution is 2.35. The van der Waals surface area contributed by atoms with Gasteiger partial charge in [0.25, 0.3) is 0 Å². The Balaban J connectivity index is 1.49. The van der Waals surface area contributed by atoms with Crippen molar-refractivity contribution < 1.29 is 9.59 Å². The molecule has 1 heterocycles. The fraction of sp³-hybridized carbons (Fsp3) is 0.579. The van der Waals surface area contributed by atoms with Crippen LogP contribution in [0, 0.1) is 5.92 Å². The molecular weight excluding hydrogens is 320 g/mol. The van der Waals surface area contributed by atoms with Crippen molar-refractivity contribution in [1.82, 2.24) is 4.90 Å². The zero-order valence-electron chi connectivity index (χ0n) is 14.1. The number of piperidine rings is 1. The van der Waals surface area contributed by atoms with Gasteiger partial charge in [-0.25, -0.2) is 0 Å². The molecule has 2 N–H and O–H groups in total. The Bertz CT molecular complexity index is 586. The Morgan fingerprint density at radius 2 is 1.79 bits per heavy atom. The van der Waals surface area contributed by atoms with Crippen molar-refractivity contribution >= 4 is 23.6 Å². The van der Waals surface area contributed by atoms with Gasteiger partial charge in [0.1, 0.15) is 0 Å². The predicted octanol–water partition coefficient (Wildman–Crippen LogP) is 3.20. The van der Waals surface area contributed by atoms with Gasteiger partial charge in [-0.15, -0.1) is 11.8 Å². The molecule has 2 fully saturated rings. The van der Waals surface area contributed by atoms with Gasteiger partial charge in [0.05, 0.1) is 5.75 Å². The maximum Gasteiger partial charge on any atom is 0.248 e. The van der Waals surface area contributed by atoms with Crippen molar-refractivity contribution in [2.24, 2.45) is 11.7 Å². The van der Waals surface area contributed by atoms with Crippen molar-refractivity contribution in [3.63, 3.8) is 0 Å². The fourth-order valence-corrected chi connectivity index (χ4v) is 4.91. The average molecular weight is 346 g/mol.